The lowest BCUT2D eigenvalue weighted by Gasteiger charge is -2.05. The zero-order chi connectivity index (χ0) is 14.4. The molecule has 8 heteroatoms. The zero-order valence-corrected chi connectivity index (χ0v) is 15.2. The first kappa shape index (κ1) is 13.7. The lowest BCUT2D eigenvalue weighted by Crippen LogP contribution is -1.90. The van der Waals surface area contributed by atoms with Gasteiger partial charge in [-0.15, -0.1) is 10.2 Å². The molecule has 0 unspecified atom stereocenters. The molecule has 2 aromatic heterocycles. The molecule has 104 valence electrons. The number of fused-ring (bicyclic) bond motifs is 2. The van der Waals surface area contributed by atoms with Gasteiger partial charge in [-0.25, -0.2) is 0 Å². The molecule has 0 aliphatic carbocycles. The van der Waals surface area contributed by atoms with Crippen LogP contribution in [0.25, 0.3) is 20.4 Å². The van der Waals surface area contributed by atoms with Gasteiger partial charge in [-0.1, -0.05) is 21.1 Å². The second-order valence-electron chi connectivity index (χ2n) is 4.49. The summed E-state index contributed by atoms with van der Waals surface area (Å²) in [5.74, 6) is 0. The van der Waals surface area contributed by atoms with Crippen LogP contribution in [0.4, 0.5) is 0 Å². The van der Waals surface area contributed by atoms with Gasteiger partial charge in [0.05, 0.1) is 9.40 Å². The number of aromatic nitrogens is 4. The Labute approximate surface area is 144 Å². The summed E-state index contributed by atoms with van der Waals surface area (Å²) in [6.07, 6.45) is 0.821. The minimum Gasteiger partial charge on any atom is -0.137 e. The molecule has 0 aliphatic heterocycles. The highest BCUT2D eigenvalue weighted by atomic mass is 79.9. The van der Waals surface area contributed by atoms with E-state index in [1.165, 1.54) is 34.2 Å². The van der Waals surface area contributed by atoms with Gasteiger partial charge in [0.1, 0.15) is 11.0 Å². The molecule has 0 saturated carbocycles. The van der Waals surface area contributed by atoms with Gasteiger partial charge in [0.2, 0.25) is 0 Å². The second-order valence-corrected chi connectivity index (χ2v) is 7.71. The molecule has 0 N–H and O–H groups in total. The van der Waals surface area contributed by atoms with Gasteiger partial charge in [0.15, 0.2) is 0 Å². The Morgan fingerprint density at radius 3 is 1.71 bits per heavy atom. The second kappa shape index (κ2) is 5.35. The average Bonchev–Trinajstić information content (AvgIpc) is 3.14. The van der Waals surface area contributed by atoms with E-state index in [2.05, 4.69) is 63.2 Å². The van der Waals surface area contributed by atoms with Crippen LogP contribution in [0, 0.1) is 0 Å². The highest BCUT2D eigenvalue weighted by Crippen LogP contribution is 2.33. The Balaban J connectivity index is 1.87. The van der Waals surface area contributed by atoms with Gasteiger partial charge in [-0.3, -0.25) is 0 Å². The number of rotatable bonds is 2. The smallest absolute Gasteiger partial charge is 0.120 e. The number of hydrogen-bond acceptors (Lipinski definition) is 6. The third-order valence-corrected chi connectivity index (χ3v) is 6.14. The van der Waals surface area contributed by atoms with Crippen LogP contribution in [0.2, 0.25) is 0 Å². The molecule has 2 aromatic carbocycles. The Morgan fingerprint density at radius 1 is 0.762 bits per heavy atom. The molecule has 4 aromatic rings. The fourth-order valence-corrected chi connectivity index (χ4v) is 4.74. The van der Waals surface area contributed by atoms with Crippen LogP contribution < -0.4 is 0 Å². The van der Waals surface area contributed by atoms with Crippen LogP contribution in [0.1, 0.15) is 11.1 Å². The summed E-state index contributed by atoms with van der Waals surface area (Å²) in [6, 6.07) is 8.29. The Bertz CT molecular complexity index is 885. The SMILES string of the molecule is Brc1ccc(Cc2ccc(Br)c3nnsc23)c2snnc12. The summed E-state index contributed by atoms with van der Waals surface area (Å²) in [4.78, 5) is 0. The minimum absolute atomic E-state index is 0.821. The number of halogens is 2. The highest BCUT2D eigenvalue weighted by molar-refractivity contribution is 9.11. The third kappa shape index (κ3) is 2.30. The number of benzene rings is 2. The molecule has 4 nitrogen and oxygen atoms in total. The normalized spacial score (nSPS) is 11.5. The standard InChI is InChI=1S/C13H6Br2N4S2/c14-8-3-1-6(12-10(8)16-18-20-12)5-7-2-4-9(15)11-13(7)21-19-17-11/h1-4H,5H2. The summed E-state index contributed by atoms with van der Waals surface area (Å²) >= 11 is 9.90. The van der Waals surface area contributed by atoms with E-state index in [0.29, 0.717) is 0 Å². The van der Waals surface area contributed by atoms with Gasteiger partial charge in [-0.2, -0.15) is 0 Å². The molecule has 0 aliphatic rings. The first-order valence-electron chi connectivity index (χ1n) is 6.03. The van der Waals surface area contributed by atoms with E-state index in [1.54, 1.807) is 0 Å². The molecule has 0 amide bonds. The summed E-state index contributed by atoms with van der Waals surface area (Å²) in [6.45, 7) is 0. The largest absolute Gasteiger partial charge is 0.137 e. The molecular formula is C13H6Br2N4S2. The average molecular weight is 442 g/mol. The van der Waals surface area contributed by atoms with Crippen molar-refractivity contribution in [1.29, 1.82) is 0 Å². The van der Waals surface area contributed by atoms with Gasteiger partial charge < -0.3 is 0 Å². The molecule has 2 heterocycles. The molecule has 0 spiro atoms. The van der Waals surface area contributed by atoms with Crippen LogP contribution in [0.3, 0.4) is 0 Å². The predicted octanol–water partition coefficient (Wildman–Crippen LogP) is 4.81. The van der Waals surface area contributed by atoms with Crippen LogP contribution in [-0.2, 0) is 6.42 Å². The predicted molar refractivity (Wildman–Crippen MR) is 93.0 cm³/mol. The maximum absolute atomic E-state index is 4.18. The maximum atomic E-state index is 4.18. The Morgan fingerprint density at radius 2 is 1.24 bits per heavy atom. The van der Waals surface area contributed by atoms with Crippen molar-refractivity contribution in [3.05, 3.63) is 44.3 Å². The van der Waals surface area contributed by atoms with Crippen molar-refractivity contribution < 1.29 is 0 Å². The summed E-state index contributed by atoms with van der Waals surface area (Å²) in [5, 5.41) is 8.36. The summed E-state index contributed by atoms with van der Waals surface area (Å²) in [7, 11) is 0. The lowest BCUT2D eigenvalue weighted by atomic mass is 10.0. The quantitative estimate of drug-likeness (QED) is 0.447. The fraction of sp³-hybridized carbons (Fsp3) is 0.0769. The van der Waals surface area contributed by atoms with Gasteiger partial charge in [-0.05, 0) is 78.2 Å². The van der Waals surface area contributed by atoms with Crippen LogP contribution in [-0.4, -0.2) is 19.2 Å². The molecule has 0 fully saturated rings. The van der Waals surface area contributed by atoms with Crippen LogP contribution in [0.15, 0.2) is 33.2 Å². The number of nitrogens with zero attached hydrogens (tertiary/aromatic N) is 4. The minimum atomic E-state index is 0.821. The van der Waals surface area contributed by atoms with Crippen molar-refractivity contribution in [3.8, 4) is 0 Å². The monoisotopic (exact) mass is 440 g/mol. The summed E-state index contributed by atoms with van der Waals surface area (Å²) in [5.41, 5.74) is 4.29. The van der Waals surface area contributed by atoms with Crippen LogP contribution in [0.5, 0.6) is 0 Å². The molecular weight excluding hydrogens is 436 g/mol. The van der Waals surface area contributed by atoms with E-state index < -0.39 is 0 Å². The molecule has 4 rings (SSSR count). The van der Waals surface area contributed by atoms with Gasteiger partial charge in [0, 0.05) is 15.4 Å². The zero-order valence-electron chi connectivity index (χ0n) is 10.4. The van der Waals surface area contributed by atoms with E-state index >= 15 is 0 Å². The topological polar surface area (TPSA) is 51.6 Å². The number of hydrogen-bond donors (Lipinski definition) is 0. The molecule has 0 bridgehead atoms. The van der Waals surface area contributed by atoms with Crippen molar-refractivity contribution in [2.75, 3.05) is 0 Å². The van der Waals surface area contributed by atoms with Crippen molar-refractivity contribution in [1.82, 2.24) is 19.2 Å². The molecule has 0 atom stereocenters. The molecule has 0 saturated heterocycles. The van der Waals surface area contributed by atoms with E-state index in [0.717, 1.165) is 35.8 Å². The Kier molecular flexibility index (Phi) is 3.49. The van der Waals surface area contributed by atoms with Gasteiger partial charge in [0.25, 0.3) is 0 Å². The molecule has 0 radical (unpaired) electrons. The summed E-state index contributed by atoms with van der Waals surface area (Å²) < 4.78 is 12.3. The molecule has 21 heavy (non-hydrogen) atoms. The van der Waals surface area contributed by atoms with Crippen molar-refractivity contribution in [2.45, 2.75) is 6.42 Å². The van der Waals surface area contributed by atoms with E-state index in [1.807, 2.05) is 12.1 Å². The van der Waals surface area contributed by atoms with Crippen molar-refractivity contribution >= 4 is 75.4 Å². The van der Waals surface area contributed by atoms with Crippen LogP contribution >= 0.6 is 54.9 Å². The highest BCUT2D eigenvalue weighted by Gasteiger charge is 2.13. The lowest BCUT2D eigenvalue weighted by molar-refractivity contribution is 1.18. The van der Waals surface area contributed by atoms with Crippen molar-refractivity contribution in [3.63, 3.8) is 0 Å². The van der Waals surface area contributed by atoms with E-state index in [9.17, 15) is 0 Å². The van der Waals surface area contributed by atoms with Gasteiger partial charge >= 0.3 is 0 Å². The first-order chi connectivity index (χ1) is 10.2. The Hall–Kier alpha value is -0.960. The maximum Gasteiger partial charge on any atom is 0.120 e. The third-order valence-electron chi connectivity index (χ3n) is 3.25. The van der Waals surface area contributed by atoms with E-state index in [4.69, 9.17) is 0 Å². The fourth-order valence-electron chi connectivity index (χ4n) is 2.26. The first-order valence-corrected chi connectivity index (χ1v) is 9.16. The van der Waals surface area contributed by atoms with Crippen molar-refractivity contribution in [2.24, 2.45) is 0 Å². The van der Waals surface area contributed by atoms with E-state index in [-0.39, 0.29) is 0 Å².